The molecular weight excluding hydrogens is 302 g/mol. The zero-order valence-electron chi connectivity index (χ0n) is 14.3. The molecule has 0 unspecified atom stereocenters. The highest BCUT2D eigenvalue weighted by molar-refractivity contribution is 8.00. The topological polar surface area (TPSA) is 29.1 Å². The Morgan fingerprint density at radius 2 is 1.83 bits per heavy atom. The molecule has 0 saturated carbocycles. The van der Waals surface area contributed by atoms with Crippen LogP contribution in [0.25, 0.3) is 0 Å². The molecule has 2 nitrogen and oxygen atoms in total. The van der Waals surface area contributed by atoms with Gasteiger partial charge in [0.05, 0.1) is 11.3 Å². The predicted octanol–water partition coefficient (Wildman–Crippen LogP) is 5.05. The van der Waals surface area contributed by atoms with Gasteiger partial charge in [-0.05, 0) is 50.5 Å². The Labute approximate surface area is 143 Å². The number of benzene rings is 2. The molecule has 122 valence electrons. The number of hydrogen-bond acceptors (Lipinski definition) is 2. The van der Waals surface area contributed by atoms with Crippen LogP contribution in [0.3, 0.4) is 0 Å². The third-order valence-corrected chi connectivity index (χ3v) is 5.06. The molecule has 0 saturated heterocycles. The lowest BCUT2D eigenvalue weighted by Crippen LogP contribution is -2.34. The quantitative estimate of drug-likeness (QED) is 0.752. The number of rotatable bonds is 6. The minimum absolute atomic E-state index is 0.0712. The summed E-state index contributed by atoms with van der Waals surface area (Å²) < 4.78 is 0. The van der Waals surface area contributed by atoms with Crippen LogP contribution in [0.5, 0.6) is 0 Å². The normalized spacial score (nSPS) is 13.4. The fraction of sp³-hybridized carbons (Fsp3) is 0.350. The van der Waals surface area contributed by atoms with Crippen molar-refractivity contribution in [2.45, 2.75) is 50.3 Å². The lowest BCUT2D eigenvalue weighted by molar-refractivity contribution is -0.121. The first-order chi connectivity index (χ1) is 11.0. The van der Waals surface area contributed by atoms with Crippen LogP contribution >= 0.6 is 11.8 Å². The molecule has 0 bridgehead atoms. The van der Waals surface area contributed by atoms with Gasteiger partial charge in [0.2, 0.25) is 5.91 Å². The van der Waals surface area contributed by atoms with E-state index in [9.17, 15) is 4.79 Å². The molecule has 2 aromatic rings. The molecule has 0 aliphatic rings. The summed E-state index contributed by atoms with van der Waals surface area (Å²) in [5.41, 5.74) is 3.70. The van der Waals surface area contributed by atoms with Crippen molar-refractivity contribution in [2.75, 3.05) is 0 Å². The maximum atomic E-state index is 12.5. The van der Waals surface area contributed by atoms with Gasteiger partial charge in [0.15, 0.2) is 0 Å². The Hall–Kier alpha value is -1.74. The third-order valence-electron chi connectivity index (χ3n) is 3.95. The van der Waals surface area contributed by atoms with Crippen molar-refractivity contribution in [3.63, 3.8) is 0 Å². The molecule has 1 N–H and O–H groups in total. The van der Waals surface area contributed by atoms with Gasteiger partial charge in [0.1, 0.15) is 0 Å². The van der Waals surface area contributed by atoms with E-state index in [1.165, 1.54) is 16.7 Å². The van der Waals surface area contributed by atoms with Crippen molar-refractivity contribution >= 4 is 17.7 Å². The molecule has 0 aliphatic heterocycles. The van der Waals surface area contributed by atoms with Crippen molar-refractivity contribution in [3.05, 3.63) is 65.2 Å². The zero-order valence-corrected chi connectivity index (χ0v) is 15.1. The standard InChI is InChI=1S/C20H25NOS/c1-5-19(18-12-11-14(2)13-15(18)3)21-20(22)16(4)23-17-9-7-6-8-10-17/h6-13,16,19H,5H2,1-4H3,(H,21,22)/t16-,19+/m0/s1. The number of thioether (sulfide) groups is 1. The predicted molar refractivity (Wildman–Crippen MR) is 98.9 cm³/mol. The smallest absolute Gasteiger partial charge is 0.233 e. The van der Waals surface area contributed by atoms with E-state index in [0.717, 1.165) is 11.3 Å². The van der Waals surface area contributed by atoms with Gasteiger partial charge in [-0.2, -0.15) is 0 Å². The number of nitrogens with one attached hydrogen (secondary N) is 1. The van der Waals surface area contributed by atoms with Crippen LogP contribution < -0.4 is 5.32 Å². The van der Waals surface area contributed by atoms with Crippen LogP contribution in [0.4, 0.5) is 0 Å². The lowest BCUT2D eigenvalue weighted by Gasteiger charge is -2.22. The minimum atomic E-state index is -0.114. The maximum Gasteiger partial charge on any atom is 0.233 e. The van der Waals surface area contributed by atoms with Crippen molar-refractivity contribution < 1.29 is 4.79 Å². The van der Waals surface area contributed by atoms with Crippen LogP contribution in [-0.2, 0) is 4.79 Å². The Kier molecular flexibility index (Phi) is 6.28. The number of carbonyl (C=O) groups is 1. The third kappa shape index (κ3) is 4.87. The van der Waals surface area contributed by atoms with Crippen LogP contribution in [0, 0.1) is 13.8 Å². The number of amides is 1. The Morgan fingerprint density at radius 3 is 2.43 bits per heavy atom. The summed E-state index contributed by atoms with van der Waals surface area (Å²) in [6.07, 6.45) is 0.887. The summed E-state index contributed by atoms with van der Waals surface area (Å²) in [5.74, 6) is 0.0886. The average Bonchev–Trinajstić information content (AvgIpc) is 2.54. The average molecular weight is 327 g/mol. The van der Waals surface area contributed by atoms with E-state index in [-0.39, 0.29) is 17.2 Å². The molecule has 0 radical (unpaired) electrons. The molecule has 0 heterocycles. The Morgan fingerprint density at radius 1 is 1.13 bits per heavy atom. The molecule has 0 fully saturated rings. The Bertz CT molecular complexity index is 654. The van der Waals surface area contributed by atoms with Gasteiger partial charge in [-0.1, -0.05) is 48.9 Å². The van der Waals surface area contributed by atoms with E-state index in [1.54, 1.807) is 11.8 Å². The highest BCUT2D eigenvalue weighted by Crippen LogP contribution is 2.25. The van der Waals surface area contributed by atoms with Gasteiger partial charge in [0, 0.05) is 4.90 Å². The van der Waals surface area contributed by atoms with Crippen molar-refractivity contribution in [1.82, 2.24) is 5.32 Å². The van der Waals surface area contributed by atoms with E-state index in [4.69, 9.17) is 0 Å². The second kappa shape index (κ2) is 8.21. The van der Waals surface area contributed by atoms with E-state index >= 15 is 0 Å². The Balaban J connectivity index is 2.04. The van der Waals surface area contributed by atoms with Gasteiger partial charge >= 0.3 is 0 Å². The molecule has 2 atom stereocenters. The first-order valence-electron chi connectivity index (χ1n) is 8.10. The molecular formula is C20H25NOS. The minimum Gasteiger partial charge on any atom is -0.348 e. The molecule has 0 aromatic heterocycles. The van der Waals surface area contributed by atoms with Crippen LogP contribution in [0.1, 0.15) is 43.0 Å². The highest BCUT2D eigenvalue weighted by atomic mass is 32.2. The summed E-state index contributed by atoms with van der Waals surface area (Å²) in [6, 6.07) is 16.5. The summed E-state index contributed by atoms with van der Waals surface area (Å²) in [7, 11) is 0. The summed E-state index contributed by atoms with van der Waals surface area (Å²) in [4.78, 5) is 13.7. The first kappa shape index (κ1) is 17.6. The largest absolute Gasteiger partial charge is 0.348 e. The molecule has 23 heavy (non-hydrogen) atoms. The fourth-order valence-electron chi connectivity index (χ4n) is 2.66. The monoisotopic (exact) mass is 327 g/mol. The van der Waals surface area contributed by atoms with E-state index < -0.39 is 0 Å². The van der Waals surface area contributed by atoms with Crippen LogP contribution in [0.15, 0.2) is 53.4 Å². The van der Waals surface area contributed by atoms with Crippen molar-refractivity contribution in [2.24, 2.45) is 0 Å². The summed E-state index contributed by atoms with van der Waals surface area (Å²) in [5, 5.41) is 3.09. The van der Waals surface area contributed by atoms with E-state index in [1.807, 2.05) is 37.3 Å². The second-order valence-electron chi connectivity index (χ2n) is 5.90. The van der Waals surface area contributed by atoms with Gasteiger partial charge in [-0.25, -0.2) is 0 Å². The molecule has 2 aromatic carbocycles. The van der Waals surface area contributed by atoms with Gasteiger partial charge in [0.25, 0.3) is 0 Å². The van der Waals surface area contributed by atoms with Crippen LogP contribution in [0.2, 0.25) is 0 Å². The van der Waals surface area contributed by atoms with Gasteiger partial charge in [-0.3, -0.25) is 4.79 Å². The highest BCUT2D eigenvalue weighted by Gasteiger charge is 2.19. The number of carbonyl (C=O) groups excluding carboxylic acids is 1. The van der Waals surface area contributed by atoms with E-state index in [2.05, 4.69) is 44.3 Å². The lowest BCUT2D eigenvalue weighted by atomic mass is 9.97. The maximum absolute atomic E-state index is 12.5. The SMILES string of the molecule is CC[C@@H](NC(=O)[C@H](C)Sc1ccccc1)c1ccc(C)cc1C. The van der Waals surface area contributed by atoms with Crippen LogP contribution in [-0.4, -0.2) is 11.2 Å². The number of hydrogen-bond donors (Lipinski definition) is 1. The van der Waals surface area contributed by atoms with E-state index in [0.29, 0.717) is 0 Å². The first-order valence-corrected chi connectivity index (χ1v) is 8.98. The van der Waals surface area contributed by atoms with Gasteiger partial charge in [-0.15, -0.1) is 11.8 Å². The molecule has 3 heteroatoms. The zero-order chi connectivity index (χ0) is 16.8. The molecule has 2 rings (SSSR count). The molecule has 1 amide bonds. The second-order valence-corrected chi connectivity index (χ2v) is 7.32. The van der Waals surface area contributed by atoms with Crippen molar-refractivity contribution in [1.29, 1.82) is 0 Å². The molecule has 0 spiro atoms. The van der Waals surface area contributed by atoms with Crippen molar-refractivity contribution in [3.8, 4) is 0 Å². The number of aryl methyl sites for hydroxylation is 2. The summed E-state index contributed by atoms with van der Waals surface area (Å²) >= 11 is 1.59. The summed E-state index contributed by atoms with van der Waals surface area (Å²) in [6.45, 7) is 8.27. The molecule has 0 aliphatic carbocycles. The van der Waals surface area contributed by atoms with Gasteiger partial charge < -0.3 is 5.32 Å². The fourth-order valence-corrected chi connectivity index (χ4v) is 3.56.